The molecule has 136 valence electrons. The van der Waals surface area contributed by atoms with Crippen LogP contribution in [0.5, 0.6) is 5.88 Å². The quantitative estimate of drug-likeness (QED) is 0.453. The maximum atomic E-state index is 9.65. The lowest BCUT2D eigenvalue weighted by atomic mass is 9.87. The zero-order valence-corrected chi connectivity index (χ0v) is 15.1. The highest BCUT2D eigenvalue weighted by atomic mass is 16.5. The number of ether oxygens (including phenoxy) is 1. The van der Waals surface area contributed by atoms with Gasteiger partial charge in [-0.2, -0.15) is 5.10 Å². The molecule has 9 heteroatoms. The van der Waals surface area contributed by atoms with Gasteiger partial charge in [0.15, 0.2) is 0 Å². The Balaban J connectivity index is 2.39. The molecule has 25 heavy (non-hydrogen) atoms. The van der Waals surface area contributed by atoms with Crippen LogP contribution in [0.3, 0.4) is 0 Å². The maximum absolute atomic E-state index is 9.65. The maximum Gasteiger partial charge on any atom is 0.232 e. The van der Waals surface area contributed by atoms with E-state index in [0.29, 0.717) is 11.6 Å². The number of rotatable bonds is 7. The molecule has 2 aromatic rings. The van der Waals surface area contributed by atoms with E-state index in [1.54, 1.807) is 21.6 Å². The summed E-state index contributed by atoms with van der Waals surface area (Å²) in [6.07, 6.45) is 5.12. The third kappa shape index (κ3) is 3.65. The van der Waals surface area contributed by atoms with Gasteiger partial charge in [0.2, 0.25) is 5.88 Å². The van der Waals surface area contributed by atoms with Gasteiger partial charge in [-0.3, -0.25) is 9.36 Å². The lowest BCUT2D eigenvalue weighted by Crippen LogP contribution is -2.43. The standard InChI is InChI=1S/C16H24N6O3/c1-12-6-8-21(18-12)15(2,3)13(20-24)10-16(4,11-17-23)22-9-7-14(19-22)25-5/h6-9,11,23-24H,10H2,1-5H3. The number of hydrogen-bond donors (Lipinski definition) is 2. The Bertz CT molecular complexity index is 776. The molecular formula is C16H24N6O3. The van der Waals surface area contributed by atoms with E-state index in [0.717, 1.165) is 5.69 Å². The van der Waals surface area contributed by atoms with Gasteiger partial charge >= 0.3 is 0 Å². The molecule has 9 nitrogen and oxygen atoms in total. The van der Waals surface area contributed by atoms with E-state index in [4.69, 9.17) is 9.94 Å². The molecule has 0 aliphatic carbocycles. The van der Waals surface area contributed by atoms with Gasteiger partial charge < -0.3 is 15.2 Å². The summed E-state index contributed by atoms with van der Waals surface area (Å²) in [5.74, 6) is 0.432. The van der Waals surface area contributed by atoms with E-state index in [1.165, 1.54) is 13.3 Å². The van der Waals surface area contributed by atoms with Crippen molar-refractivity contribution in [1.29, 1.82) is 0 Å². The first-order valence-electron chi connectivity index (χ1n) is 7.79. The Kier molecular flexibility index (Phi) is 5.15. The summed E-state index contributed by atoms with van der Waals surface area (Å²) in [6.45, 7) is 7.50. The molecule has 2 heterocycles. The molecule has 0 saturated carbocycles. The molecule has 1 unspecified atom stereocenters. The fraction of sp³-hybridized carbons (Fsp3) is 0.500. The molecule has 0 fully saturated rings. The van der Waals surface area contributed by atoms with Gasteiger partial charge in [-0.15, -0.1) is 5.10 Å². The Morgan fingerprint density at radius 3 is 2.36 bits per heavy atom. The van der Waals surface area contributed by atoms with E-state index in [1.807, 2.05) is 40.0 Å². The van der Waals surface area contributed by atoms with Crippen LogP contribution in [0, 0.1) is 6.92 Å². The van der Waals surface area contributed by atoms with Crippen molar-refractivity contribution in [3.63, 3.8) is 0 Å². The minimum Gasteiger partial charge on any atom is -0.480 e. The fourth-order valence-electron chi connectivity index (χ4n) is 2.58. The van der Waals surface area contributed by atoms with Gasteiger partial charge in [0.05, 0.1) is 30.3 Å². The Labute approximate surface area is 146 Å². The lowest BCUT2D eigenvalue weighted by molar-refractivity contribution is 0.287. The van der Waals surface area contributed by atoms with Crippen molar-refractivity contribution < 1.29 is 15.2 Å². The zero-order valence-electron chi connectivity index (χ0n) is 15.1. The summed E-state index contributed by atoms with van der Waals surface area (Å²) < 4.78 is 8.44. The highest BCUT2D eigenvalue weighted by Crippen LogP contribution is 2.27. The van der Waals surface area contributed by atoms with Crippen LogP contribution < -0.4 is 4.74 Å². The molecule has 0 aliphatic rings. The first kappa shape index (κ1) is 18.5. The number of aryl methyl sites for hydroxylation is 1. The summed E-state index contributed by atoms with van der Waals surface area (Å²) in [5, 5.41) is 34.2. The Morgan fingerprint density at radius 2 is 1.88 bits per heavy atom. The highest BCUT2D eigenvalue weighted by Gasteiger charge is 2.37. The van der Waals surface area contributed by atoms with Crippen LogP contribution in [0.25, 0.3) is 0 Å². The predicted octanol–water partition coefficient (Wildman–Crippen LogP) is 2.23. The third-order valence-corrected chi connectivity index (χ3v) is 4.28. The first-order chi connectivity index (χ1) is 11.8. The molecule has 2 rings (SSSR count). The number of methoxy groups -OCH3 is 1. The summed E-state index contributed by atoms with van der Waals surface area (Å²) in [4.78, 5) is 0. The second-order valence-electron chi connectivity index (χ2n) is 6.59. The first-order valence-corrected chi connectivity index (χ1v) is 7.79. The average molecular weight is 348 g/mol. The minimum atomic E-state index is -0.868. The summed E-state index contributed by atoms with van der Waals surface area (Å²) in [5.41, 5.74) is -0.244. The lowest BCUT2D eigenvalue weighted by Gasteiger charge is -2.32. The van der Waals surface area contributed by atoms with Crippen molar-refractivity contribution in [3.8, 4) is 5.88 Å². The molecule has 0 spiro atoms. The molecule has 0 aliphatic heterocycles. The van der Waals surface area contributed by atoms with Gasteiger partial charge in [0.25, 0.3) is 0 Å². The summed E-state index contributed by atoms with van der Waals surface area (Å²) >= 11 is 0. The van der Waals surface area contributed by atoms with Crippen molar-refractivity contribution in [1.82, 2.24) is 19.6 Å². The largest absolute Gasteiger partial charge is 0.480 e. The van der Waals surface area contributed by atoms with Crippen molar-refractivity contribution in [2.75, 3.05) is 7.11 Å². The molecule has 0 amide bonds. The average Bonchev–Trinajstić information content (AvgIpc) is 3.22. The number of aromatic nitrogens is 4. The predicted molar refractivity (Wildman–Crippen MR) is 92.8 cm³/mol. The smallest absolute Gasteiger partial charge is 0.232 e. The monoisotopic (exact) mass is 348 g/mol. The van der Waals surface area contributed by atoms with E-state index >= 15 is 0 Å². The molecule has 0 radical (unpaired) electrons. The van der Waals surface area contributed by atoms with Crippen molar-refractivity contribution in [2.24, 2.45) is 10.3 Å². The number of hydrogen-bond acceptors (Lipinski definition) is 7. The molecule has 2 N–H and O–H groups in total. The van der Waals surface area contributed by atoms with Crippen LogP contribution in [0.2, 0.25) is 0 Å². The van der Waals surface area contributed by atoms with Gasteiger partial charge in [-0.05, 0) is 33.8 Å². The van der Waals surface area contributed by atoms with Gasteiger partial charge in [0.1, 0.15) is 5.54 Å². The normalized spacial score (nSPS) is 15.5. The van der Waals surface area contributed by atoms with Crippen LogP contribution in [-0.2, 0) is 11.1 Å². The van der Waals surface area contributed by atoms with Gasteiger partial charge in [0, 0.05) is 24.9 Å². The van der Waals surface area contributed by atoms with Crippen LogP contribution in [-0.4, -0.2) is 49.0 Å². The van der Waals surface area contributed by atoms with Crippen LogP contribution in [0.15, 0.2) is 34.8 Å². The highest BCUT2D eigenvalue weighted by molar-refractivity contribution is 5.93. The Hall–Kier alpha value is -2.84. The molecule has 0 aromatic carbocycles. The summed E-state index contributed by atoms with van der Waals surface area (Å²) in [7, 11) is 1.52. The minimum absolute atomic E-state index is 0.240. The van der Waals surface area contributed by atoms with E-state index < -0.39 is 11.1 Å². The van der Waals surface area contributed by atoms with Crippen molar-refractivity contribution in [3.05, 3.63) is 30.2 Å². The summed E-state index contributed by atoms with van der Waals surface area (Å²) in [6, 6.07) is 3.57. The molecule has 2 aromatic heterocycles. The van der Waals surface area contributed by atoms with Crippen LogP contribution in [0.4, 0.5) is 0 Å². The van der Waals surface area contributed by atoms with Gasteiger partial charge in [-0.25, -0.2) is 0 Å². The number of oxime groups is 2. The molecule has 0 saturated heterocycles. The Morgan fingerprint density at radius 1 is 1.20 bits per heavy atom. The van der Waals surface area contributed by atoms with Crippen LogP contribution >= 0.6 is 0 Å². The molecule has 1 atom stereocenters. The van der Waals surface area contributed by atoms with E-state index in [9.17, 15) is 5.21 Å². The van der Waals surface area contributed by atoms with E-state index in [2.05, 4.69) is 20.5 Å². The molecule has 0 bridgehead atoms. The van der Waals surface area contributed by atoms with E-state index in [-0.39, 0.29) is 6.42 Å². The third-order valence-electron chi connectivity index (χ3n) is 4.28. The SMILES string of the molecule is COc1ccn(C(C)(C=NO)CC(=NO)C(C)(C)n2ccc(C)n2)n1. The fourth-order valence-corrected chi connectivity index (χ4v) is 2.58. The zero-order chi connectivity index (χ0) is 18.7. The van der Waals surface area contributed by atoms with Crippen LogP contribution in [0.1, 0.15) is 32.9 Å². The van der Waals surface area contributed by atoms with Gasteiger partial charge in [-0.1, -0.05) is 10.3 Å². The molecular weight excluding hydrogens is 324 g/mol. The topological polar surface area (TPSA) is 110 Å². The van der Waals surface area contributed by atoms with Crippen molar-refractivity contribution >= 4 is 11.9 Å². The van der Waals surface area contributed by atoms with Crippen molar-refractivity contribution in [2.45, 2.75) is 45.2 Å². The number of nitrogens with zero attached hydrogens (tertiary/aromatic N) is 6. The second-order valence-corrected chi connectivity index (χ2v) is 6.59. The second kappa shape index (κ2) is 6.96.